The van der Waals surface area contributed by atoms with Crippen LogP contribution >= 0.6 is 11.6 Å². The first kappa shape index (κ1) is 21.2. The van der Waals surface area contributed by atoms with Crippen LogP contribution in [0.25, 0.3) is 0 Å². The molecule has 2 aromatic carbocycles. The smallest absolute Gasteiger partial charge is 0.317 e. The van der Waals surface area contributed by atoms with Gasteiger partial charge in [0, 0.05) is 24.2 Å². The minimum absolute atomic E-state index is 0.0940. The summed E-state index contributed by atoms with van der Waals surface area (Å²) in [6.07, 6.45) is 0. The summed E-state index contributed by atoms with van der Waals surface area (Å²) in [5, 5.41) is 3.14. The Hall–Kier alpha value is -2.11. The number of carbonyl (C=O) groups is 1. The molecule has 0 fully saturated rings. The summed E-state index contributed by atoms with van der Waals surface area (Å²) in [4.78, 5) is 13.7. The predicted molar refractivity (Wildman–Crippen MR) is 106 cm³/mol. The number of urea groups is 1. The van der Waals surface area contributed by atoms with E-state index in [1.807, 2.05) is 45.0 Å². The van der Waals surface area contributed by atoms with E-state index in [2.05, 4.69) is 5.32 Å². The van der Waals surface area contributed by atoms with Gasteiger partial charge in [0.25, 0.3) is 0 Å². The number of nitrogens with zero attached hydrogens (tertiary/aromatic N) is 1. The molecule has 0 bridgehead atoms. The maximum atomic E-state index is 13.9. The number of hydrogen-bond acceptors (Lipinski definition) is 2. The molecule has 0 aromatic heterocycles. The molecule has 6 heteroatoms. The lowest BCUT2D eigenvalue weighted by molar-refractivity contribution is -0.0149. The van der Waals surface area contributed by atoms with Gasteiger partial charge in [0.05, 0.1) is 18.8 Å². The van der Waals surface area contributed by atoms with Crippen LogP contribution in [0.4, 0.5) is 9.18 Å². The third-order valence-electron chi connectivity index (χ3n) is 3.91. The molecule has 146 valence electrons. The molecule has 2 aromatic rings. The SMILES string of the molecule is CN(Cc1c(F)cccc1Cl)C(=O)NCc1cccc(COC(C)(C)C)c1. The van der Waals surface area contributed by atoms with Crippen LogP contribution in [0.1, 0.15) is 37.5 Å². The second-order valence-electron chi connectivity index (χ2n) is 7.44. The Balaban J connectivity index is 1.91. The van der Waals surface area contributed by atoms with Gasteiger partial charge in [-0.25, -0.2) is 9.18 Å². The topological polar surface area (TPSA) is 41.6 Å². The second-order valence-corrected chi connectivity index (χ2v) is 7.84. The maximum absolute atomic E-state index is 13.9. The summed E-state index contributed by atoms with van der Waals surface area (Å²) >= 11 is 6.02. The first-order valence-electron chi connectivity index (χ1n) is 8.79. The van der Waals surface area contributed by atoms with Gasteiger partial charge in [0.1, 0.15) is 5.82 Å². The van der Waals surface area contributed by atoms with Crippen LogP contribution in [-0.4, -0.2) is 23.6 Å². The van der Waals surface area contributed by atoms with Crippen LogP contribution in [-0.2, 0) is 24.4 Å². The average molecular weight is 393 g/mol. The number of benzene rings is 2. The number of carbonyl (C=O) groups excluding carboxylic acids is 1. The summed E-state index contributed by atoms with van der Waals surface area (Å²) in [5.41, 5.74) is 2.11. The molecule has 0 aliphatic rings. The molecule has 0 unspecified atom stereocenters. The van der Waals surface area contributed by atoms with Crippen LogP contribution in [0.3, 0.4) is 0 Å². The van der Waals surface area contributed by atoms with E-state index in [1.54, 1.807) is 13.1 Å². The standard InChI is InChI=1S/C21H26ClFN2O2/c1-21(2,3)27-14-16-8-5-7-15(11-16)12-24-20(26)25(4)13-17-18(22)9-6-10-19(17)23/h5-11H,12-14H2,1-4H3,(H,24,26). The van der Waals surface area contributed by atoms with Crippen LogP contribution in [0.5, 0.6) is 0 Å². The van der Waals surface area contributed by atoms with E-state index in [-0.39, 0.29) is 18.2 Å². The van der Waals surface area contributed by atoms with E-state index >= 15 is 0 Å². The zero-order chi connectivity index (χ0) is 20.0. The molecular formula is C21H26ClFN2O2. The van der Waals surface area contributed by atoms with Crippen molar-refractivity contribution in [2.45, 2.75) is 46.1 Å². The minimum Gasteiger partial charge on any atom is -0.371 e. The second kappa shape index (κ2) is 9.20. The maximum Gasteiger partial charge on any atom is 0.317 e. The number of hydrogen-bond donors (Lipinski definition) is 1. The summed E-state index contributed by atoms with van der Waals surface area (Å²) in [7, 11) is 1.60. The van der Waals surface area contributed by atoms with Crippen molar-refractivity contribution in [3.8, 4) is 0 Å². The normalized spacial score (nSPS) is 11.3. The predicted octanol–water partition coefficient (Wildman–Crippen LogP) is 5.14. The summed E-state index contributed by atoms with van der Waals surface area (Å²) in [6.45, 7) is 7.00. The molecule has 0 saturated heterocycles. The zero-order valence-electron chi connectivity index (χ0n) is 16.2. The Morgan fingerprint density at radius 2 is 1.85 bits per heavy atom. The Kier molecular flexibility index (Phi) is 7.22. The van der Waals surface area contributed by atoms with E-state index in [4.69, 9.17) is 16.3 Å². The van der Waals surface area contributed by atoms with Gasteiger partial charge in [-0.1, -0.05) is 41.9 Å². The highest BCUT2D eigenvalue weighted by molar-refractivity contribution is 6.31. The van der Waals surface area contributed by atoms with Gasteiger partial charge in [0.2, 0.25) is 0 Å². The molecule has 0 saturated carbocycles. The molecule has 0 radical (unpaired) electrons. The van der Waals surface area contributed by atoms with Crippen molar-refractivity contribution in [1.82, 2.24) is 10.2 Å². The van der Waals surface area contributed by atoms with Crippen LogP contribution < -0.4 is 5.32 Å². The van der Waals surface area contributed by atoms with Crippen molar-refractivity contribution in [3.05, 3.63) is 70.0 Å². The van der Waals surface area contributed by atoms with Gasteiger partial charge in [-0.05, 0) is 44.0 Å². The number of ether oxygens (including phenoxy) is 1. The van der Waals surface area contributed by atoms with E-state index in [0.717, 1.165) is 11.1 Å². The first-order chi connectivity index (χ1) is 12.7. The molecule has 0 aliphatic heterocycles. The van der Waals surface area contributed by atoms with Crippen LogP contribution in [0.2, 0.25) is 5.02 Å². The highest BCUT2D eigenvalue weighted by Crippen LogP contribution is 2.20. The van der Waals surface area contributed by atoms with E-state index < -0.39 is 5.82 Å². The van der Waals surface area contributed by atoms with Crippen molar-refractivity contribution >= 4 is 17.6 Å². The lowest BCUT2D eigenvalue weighted by Gasteiger charge is -2.20. The first-order valence-corrected chi connectivity index (χ1v) is 9.17. The summed E-state index contributed by atoms with van der Waals surface area (Å²) in [6, 6.07) is 12.0. The lowest BCUT2D eigenvalue weighted by atomic mass is 10.1. The Labute approximate surface area is 165 Å². The highest BCUT2D eigenvalue weighted by atomic mass is 35.5. The molecule has 4 nitrogen and oxygen atoms in total. The van der Waals surface area contributed by atoms with E-state index in [0.29, 0.717) is 23.7 Å². The zero-order valence-corrected chi connectivity index (χ0v) is 16.9. The van der Waals surface area contributed by atoms with Gasteiger partial charge in [-0.15, -0.1) is 0 Å². The lowest BCUT2D eigenvalue weighted by Crippen LogP contribution is -2.36. The van der Waals surface area contributed by atoms with Crippen molar-refractivity contribution in [2.24, 2.45) is 0 Å². The number of halogens is 2. The monoisotopic (exact) mass is 392 g/mol. The largest absolute Gasteiger partial charge is 0.371 e. The Bertz CT molecular complexity index is 770. The van der Waals surface area contributed by atoms with Gasteiger partial charge < -0.3 is 15.0 Å². The van der Waals surface area contributed by atoms with Gasteiger partial charge in [-0.3, -0.25) is 0 Å². The summed E-state index contributed by atoms with van der Waals surface area (Å²) < 4.78 is 19.7. The molecule has 1 N–H and O–H groups in total. The van der Waals surface area contributed by atoms with Crippen molar-refractivity contribution in [3.63, 3.8) is 0 Å². The van der Waals surface area contributed by atoms with E-state index in [9.17, 15) is 9.18 Å². The molecule has 0 atom stereocenters. The molecule has 0 heterocycles. The number of amides is 2. The van der Waals surface area contributed by atoms with Crippen molar-refractivity contribution in [2.75, 3.05) is 7.05 Å². The van der Waals surface area contributed by atoms with Crippen LogP contribution in [0.15, 0.2) is 42.5 Å². The molecule has 2 rings (SSSR count). The quantitative estimate of drug-likeness (QED) is 0.739. The van der Waals surface area contributed by atoms with Crippen molar-refractivity contribution in [1.29, 1.82) is 0 Å². The molecule has 0 aliphatic carbocycles. The molecule has 27 heavy (non-hydrogen) atoms. The van der Waals surface area contributed by atoms with Gasteiger partial charge >= 0.3 is 6.03 Å². The number of rotatable bonds is 6. The number of nitrogens with one attached hydrogen (secondary N) is 1. The van der Waals surface area contributed by atoms with Gasteiger partial charge in [0.15, 0.2) is 0 Å². The summed E-state index contributed by atoms with van der Waals surface area (Å²) in [5.74, 6) is -0.423. The fourth-order valence-electron chi connectivity index (χ4n) is 2.43. The third kappa shape index (κ3) is 6.85. The van der Waals surface area contributed by atoms with Crippen LogP contribution in [0, 0.1) is 5.82 Å². The average Bonchev–Trinajstić information content (AvgIpc) is 2.61. The molecule has 0 spiro atoms. The van der Waals surface area contributed by atoms with Crippen molar-refractivity contribution < 1.29 is 13.9 Å². The molecular weight excluding hydrogens is 367 g/mol. The Morgan fingerprint density at radius 3 is 2.52 bits per heavy atom. The molecule has 2 amide bonds. The fraction of sp³-hybridized carbons (Fsp3) is 0.381. The van der Waals surface area contributed by atoms with E-state index in [1.165, 1.54) is 17.0 Å². The Morgan fingerprint density at radius 1 is 1.19 bits per heavy atom. The fourth-order valence-corrected chi connectivity index (χ4v) is 2.66. The highest BCUT2D eigenvalue weighted by Gasteiger charge is 2.14. The third-order valence-corrected chi connectivity index (χ3v) is 4.26. The minimum atomic E-state index is -0.423. The van der Waals surface area contributed by atoms with Gasteiger partial charge in [-0.2, -0.15) is 0 Å².